The van der Waals surface area contributed by atoms with Gasteiger partial charge in [0.15, 0.2) is 5.82 Å². The van der Waals surface area contributed by atoms with Gasteiger partial charge < -0.3 is 19.8 Å². The summed E-state index contributed by atoms with van der Waals surface area (Å²) in [4.78, 5) is 33.3. The van der Waals surface area contributed by atoms with Crippen LogP contribution in [0.4, 0.5) is 5.82 Å². The smallest absolute Gasteiger partial charge is 0.293 e. The minimum absolute atomic E-state index is 0.0370. The first kappa shape index (κ1) is 15.6. The second-order valence-corrected chi connectivity index (χ2v) is 6.09. The van der Waals surface area contributed by atoms with E-state index in [1.54, 1.807) is 31.7 Å². The molecule has 0 aliphatic carbocycles. The molecule has 0 spiro atoms. The molecule has 0 saturated carbocycles. The Hall–Kier alpha value is -2.28. The molecular weight excluding hydrogens is 318 g/mol. The van der Waals surface area contributed by atoms with Gasteiger partial charge in [0.1, 0.15) is 5.69 Å². The van der Waals surface area contributed by atoms with Crippen LogP contribution in [0.5, 0.6) is 0 Å². The van der Waals surface area contributed by atoms with Crippen molar-refractivity contribution in [2.24, 2.45) is 7.05 Å². The maximum absolute atomic E-state index is 12.2. The number of aryl methyl sites for hydroxylation is 1. The lowest BCUT2D eigenvalue weighted by molar-refractivity contribution is 0.0928. The number of hydrogen-bond acceptors (Lipinski definition) is 4. The Morgan fingerprint density at radius 2 is 2.35 bits per heavy atom. The van der Waals surface area contributed by atoms with E-state index in [4.69, 9.17) is 11.6 Å². The highest BCUT2D eigenvalue weighted by atomic mass is 35.5. The average Bonchev–Trinajstić information content (AvgIpc) is 2.97. The number of halogens is 1. The third-order valence-corrected chi connectivity index (χ3v) is 4.17. The molecule has 8 heteroatoms. The zero-order valence-electron chi connectivity index (χ0n) is 12.8. The first-order valence-electron chi connectivity index (χ1n) is 7.46. The number of carbonyl (C=O) groups excluding carboxylic acids is 1. The molecule has 2 N–H and O–H groups in total. The number of amides is 1. The number of aromatic amines is 1. The summed E-state index contributed by atoms with van der Waals surface area (Å²) in [5.41, 5.74) is 0.302. The van der Waals surface area contributed by atoms with E-state index in [0.29, 0.717) is 23.1 Å². The second kappa shape index (κ2) is 6.45. The molecule has 2 aromatic rings. The van der Waals surface area contributed by atoms with Crippen molar-refractivity contribution in [2.45, 2.75) is 18.9 Å². The highest BCUT2D eigenvalue weighted by Gasteiger charge is 2.24. The Kier molecular flexibility index (Phi) is 4.38. The standard InChI is InChI=1S/C15H18ClN5O2/c1-20-6-4-17-13(15(20)23)21-5-2-3-11(9-21)19-14(22)12-7-10(16)8-18-12/h4,6-8,11,18H,2-3,5,9H2,1H3,(H,19,22). The van der Waals surface area contributed by atoms with Gasteiger partial charge in [-0.3, -0.25) is 9.59 Å². The molecule has 1 atom stereocenters. The van der Waals surface area contributed by atoms with Gasteiger partial charge in [-0.15, -0.1) is 0 Å². The number of H-pyrrole nitrogens is 1. The van der Waals surface area contributed by atoms with Crippen molar-refractivity contribution in [3.8, 4) is 0 Å². The van der Waals surface area contributed by atoms with Crippen LogP contribution in [-0.4, -0.2) is 39.6 Å². The lowest BCUT2D eigenvalue weighted by atomic mass is 10.1. The van der Waals surface area contributed by atoms with Crippen LogP contribution >= 0.6 is 11.6 Å². The number of rotatable bonds is 3. The summed E-state index contributed by atoms with van der Waals surface area (Å²) < 4.78 is 1.51. The molecule has 23 heavy (non-hydrogen) atoms. The first-order chi connectivity index (χ1) is 11.0. The molecule has 1 aliphatic heterocycles. The minimum atomic E-state index is -0.197. The van der Waals surface area contributed by atoms with E-state index >= 15 is 0 Å². The minimum Gasteiger partial charge on any atom is -0.356 e. The van der Waals surface area contributed by atoms with Gasteiger partial charge in [-0.05, 0) is 18.9 Å². The van der Waals surface area contributed by atoms with Crippen LogP contribution in [0, 0.1) is 0 Å². The quantitative estimate of drug-likeness (QED) is 0.881. The van der Waals surface area contributed by atoms with E-state index in [1.807, 2.05) is 4.90 Å². The summed E-state index contributed by atoms with van der Waals surface area (Å²) >= 11 is 5.82. The fourth-order valence-corrected chi connectivity index (χ4v) is 2.91. The van der Waals surface area contributed by atoms with Gasteiger partial charge >= 0.3 is 0 Å². The third kappa shape index (κ3) is 3.39. The number of carbonyl (C=O) groups is 1. The van der Waals surface area contributed by atoms with E-state index in [9.17, 15) is 9.59 Å². The number of nitrogens with one attached hydrogen (secondary N) is 2. The van der Waals surface area contributed by atoms with Crippen molar-refractivity contribution in [2.75, 3.05) is 18.0 Å². The first-order valence-corrected chi connectivity index (χ1v) is 7.84. The van der Waals surface area contributed by atoms with Crippen molar-refractivity contribution in [3.05, 3.63) is 45.7 Å². The zero-order valence-corrected chi connectivity index (χ0v) is 13.5. The predicted octanol–water partition coefficient (Wildman–Crippen LogP) is 1.16. The van der Waals surface area contributed by atoms with Gasteiger partial charge in [-0.1, -0.05) is 11.6 Å². The summed E-state index contributed by atoms with van der Waals surface area (Å²) in [6.45, 7) is 1.32. The van der Waals surface area contributed by atoms with E-state index < -0.39 is 0 Å². The predicted molar refractivity (Wildman–Crippen MR) is 88.0 cm³/mol. The SMILES string of the molecule is Cn1ccnc(N2CCCC(NC(=O)c3cc(Cl)c[nH]3)C2)c1=O. The van der Waals surface area contributed by atoms with Crippen LogP contribution in [0.2, 0.25) is 5.02 Å². The summed E-state index contributed by atoms with van der Waals surface area (Å²) in [5, 5.41) is 3.47. The van der Waals surface area contributed by atoms with Crippen molar-refractivity contribution in [3.63, 3.8) is 0 Å². The number of aromatic nitrogens is 3. The molecule has 3 rings (SSSR count). The Labute approximate surface area is 138 Å². The van der Waals surface area contributed by atoms with Crippen molar-refractivity contribution < 1.29 is 4.79 Å². The van der Waals surface area contributed by atoms with E-state index in [1.165, 1.54) is 4.57 Å². The van der Waals surface area contributed by atoms with Crippen LogP contribution < -0.4 is 15.8 Å². The van der Waals surface area contributed by atoms with E-state index in [0.717, 1.165) is 19.4 Å². The topological polar surface area (TPSA) is 83.0 Å². The molecule has 1 unspecified atom stereocenters. The lowest BCUT2D eigenvalue weighted by Gasteiger charge is -2.33. The molecule has 3 heterocycles. The average molecular weight is 336 g/mol. The fourth-order valence-electron chi connectivity index (χ4n) is 2.75. The molecule has 1 fully saturated rings. The van der Waals surface area contributed by atoms with Gasteiger partial charge in [0.05, 0.1) is 5.02 Å². The van der Waals surface area contributed by atoms with Crippen LogP contribution in [0.1, 0.15) is 23.3 Å². The molecular formula is C15H18ClN5O2. The summed E-state index contributed by atoms with van der Waals surface area (Å²) in [6.07, 6.45) is 6.56. The molecule has 1 aliphatic rings. The van der Waals surface area contributed by atoms with Gasteiger partial charge in [0.25, 0.3) is 11.5 Å². The molecule has 1 saturated heterocycles. The molecule has 2 aromatic heterocycles. The number of hydrogen-bond donors (Lipinski definition) is 2. The molecule has 1 amide bonds. The monoisotopic (exact) mass is 335 g/mol. The summed E-state index contributed by atoms with van der Waals surface area (Å²) in [5.74, 6) is 0.231. The van der Waals surface area contributed by atoms with Crippen molar-refractivity contribution in [1.29, 1.82) is 0 Å². The van der Waals surface area contributed by atoms with Crippen LogP contribution in [0.3, 0.4) is 0 Å². The van der Waals surface area contributed by atoms with Gasteiger partial charge in [0, 0.05) is 44.8 Å². The molecule has 7 nitrogen and oxygen atoms in total. The normalized spacial score (nSPS) is 18.0. The van der Waals surface area contributed by atoms with Crippen molar-refractivity contribution >= 4 is 23.3 Å². The highest BCUT2D eigenvalue weighted by Crippen LogP contribution is 2.15. The Balaban J connectivity index is 1.70. The third-order valence-electron chi connectivity index (χ3n) is 3.95. The van der Waals surface area contributed by atoms with Gasteiger partial charge in [-0.25, -0.2) is 4.98 Å². The zero-order chi connectivity index (χ0) is 16.4. The Bertz CT molecular complexity index is 769. The van der Waals surface area contributed by atoms with E-state index in [2.05, 4.69) is 15.3 Å². The molecule has 0 bridgehead atoms. The van der Waals surface area contributed by atoms with Gasteiger partial charge in [-0.2, -0.15) is 0 Å². The van der Waals surface area contributed by atoms with Crippen LogP contribution in [0.25, 0.3) is 0 Å². The van der Waals surface area contributed by atoms with Crippen molar-refractivity contribution in [1.82, 2.24) is 19.9 Å². The van der Waals surface area contributed by atoms with Crippen LogP contribution in [-0.2, 0) is 7.05 Å². The number of piperidine rings is 1. The summed E-state index contributed by atoms with van der Waals surface area (Å²) in [7, 11) is 1.70. The summed E-state index contributed by atoms with van der Waals surface area (Å²) in [6, 6.07) is 1.55. The molecule has 0 radical (unpaired) electrons. The number of anilines is 1. The number of nitrogens with zero attached hydrogens (tertiary/aromatic N) is 3. The lowest BCUT2D eigenvalue weighted by Crippen LogP contribution is -2.49. The largest absolute Gasteiger partial charge is 0.356 e. The van der Waals surface area contributed by atoms with Gasteiger partial charge in [0.2, 0.25) is 0 Å². The van der Waals surface area contributed by atoms with Crippen LogP contribution in [0.15, 0.2) is 29.5 Å². The maximum Gasteiger partial charge on any atom is 0.293 e. The molecule has 122 valence electrons. The van der Waals surface area contributed by atoms with E-state index in [-0.39, 0.29) is 17.5 Å². The maximum atomic E-state index is 12.2. The molecule has 0 aromatic carbocycles. The Morgan fingerprint density at radius 1 is 1.52 bits per heavy atom. The highest BCUT2D eigenvalue weighted by molar-refractivity contribution is 6.30. The fraction of sp³-hybridized carbons (Fsp3) is 0.400. The second-order valence-electron chi connectivity index (χ2n) is 5.66. The Morgan fingerprint density at radius 3 is 3.09 bits per heavy atom.